The van der Waals surface area contributed by atoms with Gasteiger partial charge in [-0.15, -0.1) is 0 Å². The number of hydrogen-bond donors (Lipinski definition) is 1. The zero-order chi connectivity index (χ0) is 22.0. The topological polar surface area (TPSA) is 168 Å². The van der Waals surface area contributed by atoms with E-state index in [-0.39, 0.29) is 39.6 Å². The predicted molar refractivity (Wildman–Crippen MR) is 82.7 cm³/mol. The summed E-state index contributed by atoms with van der Waals surface area (Å²) < 4.78 is 19.2. The van der Waals surface area contributed by atoms with Crippen molar-refractivity contribution < 1.29 is 83.9 Å². The van der Waals surface area contributed by atoms with Gasteiger partial charge in [0.25, 0.3) is 0 Å². The van der Waals surface area contributed by atoms with Gasteiger partial charge in [0.2, 0.25) is 0 Å². The minimum Gasteiger partial charge on any atom is -0.501 e. The molecule has 0 radical (unpaired) electrons. The van der Waals surface area contributed by atoms with Crippen LogP contribution in [0.3, 0.4) is 0 Å². The molecule has 0 heterocycles. The highest BCUT2D eigenvalue weighted by molar-refractivity contribution is 4.56. The van der Waals surface area contributed by atoms with Crippen LogP contribution in [0, 0.1) is 0 Å². The Bertz CT molecular complexity index is 347. The molecule has 0 aliphatic heterocycles. The fourth-order valence-electron chi connectivity index (χ4n) is 1.06. The number of aliphatic hydroxyl groups excluding tert-OH is 1. The van der Waals surface area contributed by atoms with Crippen molar-refractivity contribution in [3.05, 3.63) is 25.0 Å². The Balaban J connectivity index is 3.17. The number of rotatable bonds is 24. The Hall–Kier alpha value is -1.84. The van der Waals surface area contributed by atoms with Gasteiger partial charge in [-0.3, -0.25) is 0 Å². The third kappa shape index (κ3) is 24.2. The first-order chi connectivity index (χ1) is 14.8. The van der Waals surface area contributed by atoms with Crippen LogP contribution < -0.4 is 0 Å². The maximum atomic E-state index is 9.60. The minimum absolute atomic E-state index is 0.0212. The summed E-state index contributed by atoms with van der Waals surface area (Å²) in [5.74, 6) is 0. The first-order valence-corrected chi connectivity index (χ1v) is 7.90. The van der Waals surface area contributed by atoms with E-state index in [1.54, 1.807) is 0 Å². The maximum absolute atomic E-state index is 9.60. The van der Waals surface area contributed by atoms with Crippen molar-refractivity contribution in [2.24, 2.45) is 0 Å². The molecule has 0 aromatic heterocycles. The number of aliphatic hydroxyl groups is 1. The van der Waals surface area contributed by atoms with E-state index in [0.717, 1.165) is 12.5 Å². The van der Waals surface area contributed by atoms with E-state index in [9.17, 15) is 5.11 Å². The van der Waals surface area contributed by atoms with Gasteiger partial charge in [0.15, 0.2) is 12.5 Å². The van der Waals surface area contributed by atoms with Gasteiger partial charge < -0.3 is 33.8 Å². The molecule has 0 spiro atoms. The molecule has 0 saturated heterocycles. The van der Waals surface area contributed by atoms with Gasteiger partial charge in [0, 0.05) is 20.2 Å². The second-order valence-electron chi connectivity index (χ2n) is 4.20. The molecule has 0 aliphatic rings. The Labute approximate surface area is 170 Å². The molecule has 0 rings (SSSR count). The van der Waals surface area contributed by atoms with Crippen molar-refractivity contribution in [3.63, 3.8) is 0 Å². The van der Waals surface area contributed by atoms with Gasteiger partial charge in [-0.2, -0.15) is 0 Å². The van der Waals surface area contributed by atoms with Crippen LogP contribution in [0.25, 0.3) is 0 Å². The van der Waals surface area contributed by atoms with Crippen molar-refractivity contribution in [2.45, 2.75) is 6.10 Å². The molecule has 17 heteroatoms. The van der Waals surface area contributed by atoms with Gasteiger partial charge in [-0.25, -0.2) is 9.78 Å². The molecule has 0 bridgehead atoms. The number of hydrogen-bond acceptors (Lipinski definition) is 17. The molecule has 1 N–H and O–H groups in total. The van der Waals surface area contributed by atoms with E-state index in [1.807, 2.05) is 0 Å². The lowest BCUT2D eigenvalue weighted by Gasteiger charge is -2.11. The molecule has 0 saturated carbocycles. The third-order valence-electron chi connectivity index (χ3n) is 2.08. The second-order valence-corrected chi connectivity index (χ2v) is 4.20. The van der Waals surface area contributed by atoms with Crippen LogP contribution >= 0.6 is 0 Å². The average Bonchev–Trinajstić information content (AvgIpc) is 2.75. The van der Waals surface area contributed by atoms with Crippen LogP contribution in [0.2, 0.25) is 0 Å². The van der Waals surface area contributed by atoms with Gasteiger partial charge >= 0.3 is 0 Å². The summed E-state index contributed by atoms with van der Waals surface area (Å²) in [5, 5.41) is 41.4. The molecule has 178 valence electrons. The van der Waals surface area contributed by atoms with Crippen LogP contribution in [0.4, 0.5) is 0 Å². The van der Waals surface area contributed by atoms with Gasteiger partial charge in [0.1, 0.15) is 31.8 Å². The average molecular weight is 452 g/mol. The minimum atomic E-state index is -0.887. The van der Waals surface area contributed by atoms with E-state index in [4.69, 9.17) is 9.47 Å². The summed E-state index contributed by atoms with van der Waals surface area (Å²) in [5.41, 5.74) is 0. The smallest absolute Gasteiger partial charge is 0.167 e. The molecule has 0 amide bonds. The molecular formula is C13H24O17. The third-order valence-corrected chi connectivity index (χ3v) is 2.08. The van der Waals surface area contributed by atoms with E-state index in [2.05, 4.69) is 69.3 Å². The summed E-state index contributed by atoms with van der Waals surface area (Å²) in [6, 6.07) is 0. The van der Waals surface area contributed by atoms with Crippen LogP contribution in [-0.4, -0.2) is 65.1 Å². The molecule has 30 heavy (non-hydrogen) atoms. The molecule has 1 atom stereocenters. The van der Waals surface area contributed by atoms with Crippen molar-refractivity contribution >= 4 is 0 Å². The molecular weight excluding hydrogens is 428 g/mol. The van der Waals surface area contributed by atoms with Crippen LogP contribution in [0.1, 0.15) is 0 Å². The molecule has 0 aromatic rings. The van der Waals surface area contributed by atoms with Gasteiger partial charge in [-0.1, -0.05) is 0 Å². The first kappa shape index (κ1) is 28.2. The zero-order valence-corrected chi connectivity index (χ0v) is 16.1. The number of ether oxygens (including phenoxy) is 4. The maximum Gasteiger partial charge on any atom is 0.167 e. The van der Waals surface area contributed by atoms with Crippen molar-refractivity contribution in [1.29, 1.82) is 0 Å². The molecule has 1 unspecified atom stereocenters. The van der Waals surface area contributed by atoms with Gasteiger partial charge in [0.05, 0.1) is 40.6 Å². The molecule has 17 nitrogen and oxygen atoms in total. The summed E-state index contributed by atoms with van der Waals surface area (Å²) in [7, 11) is 2.81. The van der Waals surface area contributed by atoms with Gasteiger partial charge in [-0.05, 0) is 20.2 Å². The predicted octanol–water partition coefficient (Wildman–Crippen LogP) is -0.0351. The largest absolute Gasteiger partial charge is 0.501 e. The Morgan fingerprint density at radius 2 is 1.00 bits per heavy atom. The summed E-state index contributed by atoms with van der Waals surface area (Å²) >= 11 is 0. The first-order valence-electron chi connectivity index (χ1n) is 7.90. The molecule has 0 aliphatic carbocycles. The SMILES string of the molecule is CO/C=C\OOOOOOCCOCC(O)COCCOOOOOO/C=C/OC. The zero-order valence-electron chi connectivity index (χ0n) is 16.1. The van der Waals surface area contributed by atoms with Crippen LogP contribution in [0.15, 0.2) is 25.0 Å². The summed E-state index contributed by atoms with van der Waals surface area (Å²) in [6.07, 6.45) is 3.50. The highest BCUT2D eigenvalue weighted by Crippen LogP contribution is 1.92. The standard InChI is InChI=1S/C13H24O17/c1-15-3-7-19-23-27-29-25-21-9-5-17-11-13(14)12-18-6-10-22-26-30-28-24-20-8-4-16-2/h3-4,7-8,13-14H,5-6,9-12H2,1-2H3/b7-3-,8-4+. The normalized spacial score (nSPS) is 12.5. The Morgan fingerprint density at radius 3 is 1.43 bits per heavy atom. The Kier molecular flexibility index (Phi) is 23.7. The summed E-state index contributed by atoms with van der Waals surface area (Å²) in [6.45, 7) is 0.0444. The Morgan fingerprint density at radius 1 is 0.567 bits per heavy atom. The highest BCUT2D eigenvalue weighted by atomic mass is 17.8. The lowest BCUT2D eigenvalue weighted by atomic mass is 10.4. The van der Waals surface area contributed by atoms with Crippen molar-refractivity contribution in [3.8, 4) is 0 Å². The lowest BCUT2D eigenvalue weighted by Crippen LogP contribution is -2.24. The number of methoxy groups -OCH3 is 2. The van der Waals surface area contributed by atoms with E-state index in [1.165, 1.54) is 26.7 Å². The highest BCUT2D eigenvalue weighted by Gasteiger charge is 2.05. The molecule has 0 fully saturated rings. The lowest BCUT2D eigenvalue weighted by molar-refractivity contribution is -0.751. The van der Waals surface area contributed by atoms with Crippen molar-refractivity contribution in [1.82, 2.24) is 0 Å². The van der Waals surface area contributed by atoms with Crippen LogP contribution in [-0.2, 0) is 78.8 Å². The van der Waals surface area contributed by atoms with Crippen molar-refractivity contribution in [2.75, 3.05) is 53.9 Å². The molecule has 0 aromatic carbocycles. The van der Waals surface area contributed by atoms with E-state index in [0.29, 0.717) is 0 Å². The quantitative estimate of drug-likeness (QED) is 0.0895. The van der Waals surface area contributed by atoms with Crippen LogP contribution in [0.5, 0.6) is 0 Å². The fraction of sp³-hybridized carbons (Fsp3) is 0.692. The van der Waals surface area contributed by atoms with E-state index < -0.39 is 6.10 Å². The monoisotopic (exact) mass is 452 g/mol. The second kappa shape index (κ2) is 25.2. The fourth-order valence-corrected chi connectivity index (χ4v) is 1.06. The van der Waals surface area contributed by atoms with E-state index >= 15 is 0 Å². The summed E-state index contributed by atoms with van der Waals surface area (Å²) in [4.78, 5) is 17.4.